The second-order valence-corrected chi connectivity index (χ2v) is 5.20. The summed E-state index contributed by atoms with van der Waals surface area (Å²) in [6.07, 6.45) is 3.67. The normalized spacial score (nSPS) is 12.4. The number of amides is 1. The second kappa shape index (κ2) is 7.13. The molecule has 0 aliphatic carbocycles. The Morgan fingerprint density at radius 3 is 2.68 bits per heavy atom. The highest BCUT2D eigenvalue weighted by Crippen LogP contribution is 2.07. The molecule has 0 aromatic carbocycles. The number of aliphatic carboxylic acids is 1. The van der Waals surface area contributed by atoms with Crippen LogP contribution in [0.4, 0.5) is 0 Å². The van der Waals surface area contributed by atoms with Gasteiger partial charge in [0.05, 0.1) is 11.2 Å². The van der Waals surface area contributed by atoms with Crippen LogP contribution < -0.4 is 5.32 Å². The van der Waals surface area contributed by atoms with Crippen LogP contribution in [0, 0.1) is 5.92 Å². The Morgan fingerprint density at radius 2 is 2.21 bits per heavy atom. The Balaban J connectivity index is 2.42. The summed E-state index contributed by atoms with van der Waals surface area (Å²) in [5.41, 5.74) is 0. The number of nitrogens with one attached hydrogen (secondary N) is 1. The fourth-order valence-corrected chi connectivity index (χ4v) is 1.79. The van der Waals surface area contributed by atoms with E-state index in [0.717, 1.165) is 0 Å². The van der Waals surface area contributed by atoms with Gasteiger partial charge in [-0.2, -0.15) is 5.10 Å². The topological polar surface area (TPSA) is 84.2 Å². The van der Waals surface area contributed by atoms with Gasteiger partial charge in [-0.15, -0.1) is 0 Å². The van der Waals surface area contributed by atoms with E-state index >= 15 is 0 Å². The molecule has 1 atom stereocenters. The van der Waals surface area contributed by atoms with Crippen molar-refractivity contribution in [1.29, 1.82) is 0 Å². The van der Waals surface area contributed by atoms with Crippen molar-refractivity contribution in [3.8, 4) is 0 Å². The van der Waals surface area contributed by atoms with Gasteiger partial charge in [-0.05, 0) is 12.3 Å². The minimum atomic E-state index is -1.01. The van der Waals surface area contributed by atoms with Crippen molar-refractivity contribution in [1.82, 2.24) is 15.1 Å². The largest absolute Gasteiger partial charge is 0.480 e. The number of hydrogen-bond donors (Lipinski definition) is 2. The van der Waals surface area contributed by atoms with Crippen LogP contribution in [0.15, 0.2) is 12.4 Å². The standard InChI is InChI=1S/C12H18ClN3O3/c1-8(2)5-10(12(18)19)15-11(17)3-4-16-7-9(13)6-14-16/h6-8,10H,3-5H2,1-2H3,(H,15,17)(H,18,19)/t10-/m1/s1. The van der Waals surface area contributed by atoms with E-state index in [0.29, 0.717) is 18.0 Å². The van der Waals surface area contributed by atoms with E-state index in [9.17, 15) is 9.59 Å². The van der Waals surface area contributed by atoms with E-state index < -0.39 is 12.0 Å². The molecular formula is C12H18ClN3O3. The molecule has 0 spiro atoms. The van der Waals surface area contributed by atoms with Crippen LogP contribution in [0.5, 0.6) is 0 Å². The molecule has 7 heteroatoms. The van der Waals surface area contributed by atoms with Crippen molar-refractivity contribution in [2.45, 2.75) is 39.3 Å². The van der Waals surface area contributed by atoms with Gasteiger partial charge in [0.2, 0.25) is 5.91 Å². The molecule has 1 rings (SSSR count). The summed E-state index contributed by atoms with van der Waals surface area (Å²) < 4.78 is 1.54. The van der Waals surface area contributed by atoms with Gasteiger partial charge in [0.1, 0.15) is 6.04 Å². The molecule has 0 saturated heterocycles. The summed E-state index contributed by atoms with van der Waals surface area (Å²) in [5, 5.41) is 16.0. The monoisotopic (exact) mass is 287 g/mol. The maximum atomic E-state index is 11.7. The summed E-state index contributed by atoms with van der Waals surface area (Å²) in [6.45, 7) is 4.19. The number of rotatable bonds is 7. The number of carboxylic acids is 1. The predicted octanol–water partition coefficient (Wildman–Crippen LogP) is 1.54. The van der Waals surface area contributed by atoms with Crippen molar-refractivity contribution in [3.63, 3.8) is 0 Å². The summed E-state index contributed by atoms with van der Waals surface area (Å²) in [7, 11) is 0. The first-order valence-corrected chi connectivity index (χ1v) is 6.46. The predicted molar refractivity (Wildman–Crippen MR) is 70.9 cm³/mol. The Bertz CT molecular complexity index is 445. The molecule has 0 saturated carbocycles. The summed E-state index contributed by atoms with van der Waals surface area (Å²) in [5.74, 6) is -1.12. The van der Waals surface area contributed by atoms with Crippen molar-refractivity contribution in [2.75, 3.05) is 0 Å². The smallest absolute Gasteiger partial charge is 0.326 e. The first kappa shape index (κ1) is 15.5. The third-order valence-corrected chi connectivity index (χ3v) is 2.71. The Kier molecular flexibility index (Phi) is 5.82. The zero-order chi connectivity index (χ0) is 14.4. The van der Waals surface area contributed by atoms with E-state index in [1.165, 1.54) is 6.20 Å². The third kappa shape index (κ3) is 5.74. The molecule has 0 fully saturated rings. The minimum Gasteiger partial charge on any atom is -0.480 e. The lowest BCUT2D eigenvalue weighted by Gasteiger charge is -2.16. The summed E-state index contributed by atoms with van der Waals surface area (Å²) in [4.78, 5) is 22.7. The minimum absolute atomic E-state index is 0.167. The molecule has 0 radical (unpaired) electrons. The van der Waals surface area contributed by atoms with Crippen LogP contribution in [0.25, 0.3) is 0 Å². The molecule has 0 bridgehead atoms. The molecule has 1 aromatic heterocycles. The van der Waals surface area contributed by atoms with Gasteiger partial charge in [-0.1, -0.05) is 25.4 Å². The van der Waals surface area contributed by atoms with Gasteiger partial charge in [-0.25, -0.2) is 4.79 Å². The number of carbonyl (C=O) groups is 2. The lowest BCUT2D eigenvalue weighted by atomic mass is 10.0. The lowest BCUT2D eigenvalue weighted by molar-refractivity contribution is -0.142. The van der Waals surface area contributed by atoms with E-state index in [1.54, 1.807) is 10.9 Å². The SMILES string of the molecule is CC(C)C[C@@H](NC(=O)CCn1cc(Cl)cn1)C(=O)O. The Labute approximate surface area is 116 Å². The second-order valence-electron chi connectivity index (χ2n) is 4.76. The van der Waals surface area contributed by atoms with Crippen LogP contribution in [-0.2, 0) is 16.1 Å². The Hall–Kier alpha value is -1.56. The number of hydrogen-bond acceptors (Lipinski definition) is 3. The van der Waals surface area contributed by atoms with Gasteiger partial charge in [0.25, 0.3) is 0 Å². The average molecular weight is 288 g/mol. The van der Waals surface area contributed by atoms with E-state index in [4.69, 9.17) is 16.7 Å². The van der Waals surface area contributed by atoms with Crippen molar-refractivity contribution >= 4 is 23.5 Å². The first-order valence-electron chi connectivity index (χ1n) is 6.08. The molecule has 0 aliphatic rings. The number of halogens is 1. The molecule has 6 nitrogen and oxygen atoms in total. The average Bonchev–Trinajstić information content (AvgIpc) is 2.71. The molecule has 1 amide bonds. The third-order valence-electron chi connectivity index (χ3n) is 2.51. The summed E-state index contributed by atoms with van der Waals surface area (Å²) >= 11 is 5.70. The van der Waals surface area contributed by atoms with Crippen LogP contribution in [-0.4, -0.2) is 32.8 Å². The van der Waals surface area contributed by atoms with Crippen molar-refractivity contribution < 1.29 is 14.7 Å². The molecule has 1 heterocycles. The maximum Gasteiger partial charge on any atom is 0.326 e. The molecule has 0 unspecified atom stereocenters. The van der Waals surface area contributed by atoms with Gasteiger partial charge < -0.3 is 10.4 Å². The number of carbonyl (C=O) groups excluding carboxylic acids is 1. The van der Waals surface area contributed by atoms with Gasteiger partial charge >= 0.3 is 5.97 Å². The lowest BCUT2D eigenvalue weighted by Crippen LogP contribution is -2.41. The molecule has 0 aliphatic heterocycles. The molecule has 2 N–H and O–H groups in total. The summed E-state index contributed by atoms with van der Waals surface area (Å²) in [6, 6.07) is -0.839. The van der Waals surface area contributed by atoms with Crippen LogP contribution >= 0.6 is 11.6 Å². The Morgan fingerprint density at radius 1 is 1.53 bits per heavy atom. The zero-order valence-electron chi connectivity index (χ0n) is 11.0. The van der Waals surface area contributed by atoms with E-state index in [1.807, 2.05) is 13.8 Å². The highest BCUT2D eigenvalue weighted by molar-refractivity contribution is 6.30. The number of aromatic nitrogens is 2. The molecule has 19 heavy (non-hydrogen) atoms. The van der Waals surface area contributed by atoms with Crippen LogP contribution in [0.1, 0.15) is 26.7 Å². The molecule has 1 aromatic rings. The first-order chi connectivity index (χ1) is 8.88. The molecular weight excluding hydrogens is 270 g/mol. The van der Waals surface area contributed by atoms with Gasteiger partial charge in [-0.3, -0.25) is 9.48 Å². The fraction of sp³-hybridized carbons (Fsp3) is 0.583. The van der Waals surface area contributed by atoms with Gasteiger partial charge in [0, 0.05) is 19.2 Å². The van der Waals surface area contributed by atoms with Crippen molar-refractivity contribution in [3.05, 3.63) is 17.4 Å². The quantitative estimate of drug-likeness (QED) is 0.797. The van der Waals surface area contributed by atoms with E-state index in [2.05, 4.69) is 10.4 Å². The van der Waals surface area contributed by atoms with E-state index in [-0.39, 0.29) is 18.2 Å². The number of aryl methyl sites for hydroxylation is 1. The van der Waals surface area contributed by atoms with Gasteiger partial charge in [0.15, 0.2) is 0 Å². The fourth-order valence-electron chi connectivity index (χ4n) is 1.64. The molecule has 106 valence electrons. The highest BCUT2D eigenvalue weighted by Gasteiger charge is 2.20. The maximum absolute atomic E-state index is 11.7. The highest BCUT2D eigenvalue weighted by atomic mass is 35.5. The van der Waals surface area contributed by atoms with Crippen LogP contribution in [0.3, 0.4) is 0 Å². The van der Waals surface area contributed by atoms with Crippen LogP contribution in [0.2, 0.25) is 5.02 Å². The van der Waals surface area contributed by atoms with Crippen molar-refractivity contribution in [2.24, 2.45) is 5.92 Å². The zero-order valence-corrected chi connectivity index (χ0v) is 11.7. The number of carboxylic acid groups (broad SMARTS) is 1. The number of nitrogens with zero attached hydrogens (tertiary/aromatic N) is 2.